The van der Waals surface area contributed by atoms with Crippen LogP contribution in [0.4, 0.5) is 14.6 Å². The Bertz CT molecular complexity index is 577. The molecular formula is C16H23F2N3OS. The number of piperidine rings is 1. The summed E-state index contributed by atoms with van der Waals surface area (Å²) in [5, 5.41) is 0. The topological polar surface area (TPSA) is 51.6 Å². The second kappa shape index (κ2) is 6.73. The molecule has 4 nitrogen and oxygen atoms in total. The van der Waals surface area contributed by atoms with Gasteiger partial charge in [-0.15, -0.1) is 0 Å². The van der Waals surface area contributed by atoms with Crippen LogP contribution in [0, 0.1) is 6.92 Å². The molecule has 1 aliphatic heterocycles. The molecule has 0 aliphatic carbocycles. The Morgan fingerprint density at radius 1 is 1.30 bits per heavy atom. The van der Waals surface area contributed by atoms with Gasteiger partial charge in [-0.3, -0.25) is 0 Å². The summed E-state index contributed by atoms with van der Waals surface area (Å²) in [6, 6.07) is 3.64. The molecule has 1 aromatic rings. The minimum atomic E-state index is -2.58. The largest absolute Gasteiger partial charge is 0.591 e. The third kappa shape index (κ3) is 5.14. The van der Waals surface area contributed by atoms with Gasteiger partial charge in [0, 0.05) is 37.2 Å². The SMILES string of the molecule is Cc1cc(/C=N/[S+]([O-])C(C)(C)C)cc(N2CCC(F)(F)CC2)n1. The van der Waals surface area contributed by atoms with Crippen molar-refractivity contribution >= 4 is 23.4 Å². The van der Waals surface area contributed by atoms with Crippen LogP contribution in [0.25, 0.3) is 0 Å². The van der Waals surface area contributed by atoms with Gasteiger partial charge in [0.15, 0.2) is 0 Å². The number of anilines is 1. The molecule has 128 valence electrons. The number of hydrogen-bond acceptors (Lipinski definition) is 4. The van der Waals surface area contributed by atoms with Gasteiger partial charge >= 0.3 is 0 Å². The molecule has 0 spiro atoms. The third-order valence-electron chi connectivity index (χ3n) is 3.60. The summed E-state index contributed by atoms with van der Waals surface area (Å²) in [4.78, 5) is 6.29. The Kier molecular flexibility index (Phi) is 5.30. The number of aryl methyl sites for hydroxylation is 1. The van der Waals surface area contributed by atoms with Crippen molar-refractivity contribution < 1.29 is 13.3 Å². The Hall–Kier alpha value is -1.21. The molecular weight excluding hydrogens is 320 g/mol. The smallest absolute Gasteiger partial charge is 0.251 e. The molecule has 1 aromatic heterocycles. The normalized spacial score (nSPS) is 20.0. The molecule has 0 bridgehead atoms. The van der Waals surface area contributed by atoms with E-state index in [0.29, 0.717) is 5.82 Å². The van der Waals surface area contributed by atoms with Crippen LogP contribution in [0.15, 0.2) is 16.5 Å². The summed E-state index contributed by atoms with van der Waals surface area (Å²) >= 11 is -1.33. The highest BCUT2D eigenvalue weighted by Crippen LogP contribution is 2.30. The molecule has 1 fully saturated rings. The van der Waals surface area contributed by atoms with Crippen LogP contribution >= 0.6 is 0 Å². The van der Waals surface area contributed by atoms with E-state index in [-0.39, 0.29) is 25.9 Å². The monoisotopic (exact) mass is 343 g/mol. The molecule has 1 aliphatic rings. The highest BCUT2D eigenvalue weighted by molar-refractivity contribution is 7.91. The molecule has 0 saturated carbocycles. The van der Waals surface area contributed by atoms with Gasteiger partial charge in [0.1, 0.15) is 21.9 Å². The van der Waals surface area contributed by atoms with E-state index in [0.717, 1.165) is 11.3 Å². The Balaban J connectivity index is 2.15. The van der Waals surface area contributed by atoms with Gasteiger partial charge in [-0.2, -0.15) is 0 Å². The Labute approximate surface area is 139 Å². The molecule has 0 N–H and O–H groups in total. The molecule has 1 saturated heterocycles. The van der Waals surface area contributed by atoms with E-state index < -0.39 is 22.0 Å². The van der Waals surface area contributed by atoms with Crippen LogP contribution in [0.3, 0.4) is 0 Å². The lowest BCUT2D eigenvalue weighted by Gasteiger charge is -2.32. The second-order valence-electron chi connectivity index (χ2n) is 6.84. The Morgan fingerprint density at radius 2 is 1.91 bits per heavy atom. The average molecular weight is 343 g/mol. The maximum Gasteiger partial charge on any atom is 0.251 e. The van der Waals surface area contributed by atoms with Gasteiger partial charge in [-0.25, -0.2) is 13.8 Å². The maximum absolute atomic E-state index is 13.3. The first kappa shape index (κ1) is 18.1. The first-order valence-electron chi connectivity index (χ1n) is 7.64. The van der Waals surface area contributed by atoms with E-state index >= 15 is 0 Å². The number of aromatic nitrogens is 1. The van der Waals surface area contributed by atoms with E-state index in [1.165, 1.54) is 0 Å². The van der Waals surface area contributed by atoms with Crippen LogP contribution in [0.2, 0.25) is 0 Å². The zero-order valence-corrected chi connectivity index (χ0v) is 14.8. The number of alkyl halides is 2. The van der Waals surface area contributed by atoms with Gasteiger partial charge in [-0.1, -0.05) is 4.40 Å². The zero-order valence-electron chi connectivity index (χ0n) is 14.0. The zero-order chi connectivity index (χ0) is 17.3. The average Bonchev–Trinajstić information content (AvgIpc) is 2.43. The van der Waals surface area contributed by atoms with Crippen LogP contribution in [-0.2, 0) is 11.4 Å². The van der Waals surface area contributed by atoms with E-state index in [2.05, 4.69) is 9.38 Å². The molecule has 2 heterocycles. The van der Waals surface area contributed by atoms with Gasteiger partial charge in [0.05, 0.1) is 6.21 Å². The van der Waals surface area contributed by atoms with Crippen LogP contribution < -0.4 is 4.90 Å². The lowest BCUT2D eigenvalue weighted by atomic mass is 10.1. The minimum Gasteiger partial charge on any atom is -0.591 e. The van der Waals surface area contributed by atoms with E-state index in [1.54, 1.807) is 12.3 Å². The van der Waals surface area contributed by atoms with Crippen molar-refractivity contribution in [3.05, 3.63) is 23.4 Å². The number of hydrogen-bond donors (Lipinski definition) is 0. The summed E-state index contributed by atoms with van der Waals surface area (Å²) in [6.45, 7) is 7.99. The molecule has 0 radical (unpaired) electrons. The Morgan fingerprint density at radius 3 is 2.48 bits per heavy atom. The summed E-state index contributed by atoms with van der Waals surface area (Å²) in [5.41, 5.74) is 1.56. The fourth-order valence-electron chi connectivity index (χ4n) is 2.24. The van der Waals surface area contributed by atoms with Crippen molar-refractivity contribution in [1.82, 2.24) is 4.98 Å². The lowest BCUT2D eigenvalue weighted by Crippen LogP contribution is -2.39. The first-order chi connectivity index (χ1) is 10.6. The van der Waals surface area contributed by atoms with E-state index in [9.17, 15) is 13.3 Å². The first-order valence-corrected chi connectivity index (χ1v) is 8.75. The predicted molar refractivity (Wildman–Crippen MR) is 90.9 cm³/mol. The lowest BCUT2D eigenvalue weighted by molar-refractivity contribution is -0.0221. The minimum absolute atomic E-state index is 0.153. The number of nitrogens with zero attached hydrogens (tertiary/aromatic N) is 3. The van der Waals surface area contributed by atoms with Crippen molar-refractivity contribution in [2.45, 2.75) is 51.2 Å². The standard InChI is InChI=1S/C16H23F2N3OS/c1-12-9-13(11-19-23(22)15(2,3)4)10-14(20-12)21-7-5-16(17,18)6-8-21/h9-11H,5-8H2,1-4H3/b19-11+. The molecule has 1 unspecified atom stereocenters. The second-order valence-corrected chi connectivity index (χ2v) is 8.77. The maximum atomic E-state index is 13.3. The van der Waals surface area contributed by atoms with Gasteiger partial charge in [0.25, 0.3) is 5.92 Å². The summed E-state index contributed by atoms with van der Waals surface area (Å²) in [5.74, 6) is -1.91. The van der Waals surface area contributed by atoms with Gasteiger partial charge < -0.3 is 9.45 Å². The van der Waals surface area contributed by atoms with Crippen molar-refractivity contribution in [2.75, 3.05) is 18.0 Å². The summed E-state index contributed by atoms with van der Waals surface area (Å²) in [6.07, 6.45) is 1.26. The summed E-state index contributed by atoms with van der Waals surface area (Å²) in [7, 11) is 0. The number of rotatable bonds is 3. The summed E-state index contributed by atoms with van der Waals surface area (Å²) < 4.78 is 42.2. The van der Waals surface area contributed by atoms with Crippen LogP contribution in [0.5, 0.6) is 0 Å². The third-order valence-corrected chi connectivity index (χ3v) is 4.95. The molecule has 1 atom stereocenters. The predicted octanol–water partition coefficient (Wildman–Crippen LogP) is 3.51. The van der Waals surface area contributed by atoms with Crippen molar-refractivity contribution in [1.29, 1.82) is 0 Å². The highest BCUT2D eigenvalue weighted by Gasteiger charge is 2.34. The quantitative estimate of drug-likeness (QED) is 0.623. The fraction of sp³-hybridized carbons (Fsp3) is 0.625. The van der Waals surface area contributed by atoms with Crippen molar-refractivity contribution in [3.8, 4) is 0 Å². The number of halogens is 2. The van der Waals surface area contributed by atoms with E-state index in [1.807, 2.05) is 38.7 Å². The van der Waals surface area contributed by atoms with Gasteiger partial charge in [-0.05, 0) is 39.8 Å². The van der Waals surface area contributed by atoms with Crippen molar-refractivity contribution in [2.24, 2.45) is 4.40 Å². The van der Waals surface area contributed by atoms with Crippen molar-refractivity contribution in [3.63, 3.8) is 0 Å². The fourth-order valence-corrected chi connectivity index (χ4v) is 2.78. The highest BCUT2D eigenvalue weighted by atomic mass is 32.2. The molecule has 0 amide bonds. The van der Waals surface area contributed by atoms with E-state index in [4.69, 9.17) is 0 Å². The molecule has 2 rings (SSSR count). The number of pyridine rings is 1. The molecule has 0 aromatic carbocycles. The van der Waals surface area contributed by atoms with Crippen LogP contribution in [0.1, 0.15) is 44.9 Å². The van der Waals surface area contributed by atoms with Gasteiger partial charge in [0.2, 0.25) is 0 Å². The molecule has 23 heavy (non-hydrogen) atoms. The molecule has 7 heteroatoms. The van der Waals surface area contributed by atoms with Crippen LogP contribution in [-0.4, -0.2) is 39.5 Å².